The number of ether oxygens (including phenoxy) is 2. The molecule has 3 aromatic rings. The van der Waals surface area contributed by atoms with Crippen LogP contribution in [0.4, 0.5) is 10.1 Å². The third-order valence-electron chi connectivity index (χ3n) is 7.73. The Morgan fingerprint density at radius 2 is 1.88 bits per heavy atom. The first-order valence-corrected chi connectivity index (χ1v) is 14.1. The largest absolute Gasteiger partial charge is 0.492 e. The van der Waals surface area contributed by atoms with Gasteiger partial charge in [0.05, 0.1) is 18.6 Å². The molecule has 5 rings (SSSR count). The zero-order valence-corrected chi connectivity index (χ0v) is 23.9. The Morgan fingerprint density at radius 3 is 2.57 bits per heavy atom. The van der Waals surface area contributed by atoms with Gasteiger partial charge in [0.15, 0.2) is 5.60 Å². The smallest absolute Gasteiger partial charge is 0.306 e. The van der Waals surface area contributed by atoms with Crippen molar-refractivity contribution in [1.29, 1.82) is 0 Å². The lowest BCUT2D eigenvalue weighted by atomic mass is 9.96. The fourth-order valence-electron chi connectivity index (χ4n) is 5.41. The van der Waals surface area contributed by atoms with Gasteiger partial charge in [-0.3, -0.25) is 14.4 Å². The number of para-hydroxylation sites is 1. The predicted molar refractivity (Wildman–Crippen MR) is 154 cm³/mol. The molecule has 220 valence electrons. The summed E-state index contributed by atoms with van der Waals surface area (Å²) in [7, 11) is 0. The lowest BCUT2D eigenvalue weighted by molar-refractivity contribution is -0.137. The quantitative estimate of drug-likeness (QED) is 0.398. The third-order valence-corrected chi connectivity index (χ3v) is 7.73. The van der Waals surface area contributed by atoms with Crippen LogP contribution in [-0.4, -0.2) is 64.1 Å². The fourth-order valence-corrected chi connectivity index (χ4v) is 5.41. The second-order valence-corrected chi connectivity index (χ2v) is 11.0. The molecule has 0 radical (unpaired) electrons. The van der Waals surface area contributed by atoms with Gasteiger partial charge in [-0.1, -0.05) is 31.2 Å². The molecule has 3 heterocycles. The van der Waals surface area contributed by atoms with E-state index in [-0.39, 0.29) is 30.5 Å². The first-order valence-electron chi connectivity index (χ1n) is 14.1. The van der Waals surface area contributed by atoms with Crippen LogP contribution in [0.2, 0.25) is 0 Å². The number of carbonyl (C=O) groups excluding carboxylic acids is 2. The van der Waals surface area contributed by atoms with Gasteiger partial charge in [-0.05, 0) is 68.5 Å². The molecule has 0 atom stereocenters. The number of fused-ring (bicyclic) bond motifs is 1. The summed E-state index contributed by atoms with van der Waals surface area (Å²) in [6, 6.07) is 13.2. The number of aryl methyl sites for hydroxylation is 1. The van der Waals surface area contributed by atoms with Crippen LogP contribution in [0.15, 0.2) is 54.7 Å². The molecule has 2 aromatic carbocycles. The molecule has 2 aliphatic heterocycles. The molecule has 1 aromatic heterocycles. The molecule has 1 fully saturated rings. The van der Waals surface area contributed by atoms with Crippen LogP contribution in [0.25, 0.3) is 11.1 Å². The molecule has 0 saturated carbocycles. The van der Waals surface area contributed by atoms with E-state index in [4.69, 9.17) is 14.6 Å². The van der Waals surface area contributed by atoms with Crippen molar-refractivity contribution in [3.8, 4) is 22.8 Å². The summed E-state index contributed by atoms with van der Waals surface area (Å²) < 4.78 is 26.9. The zero-order chi connectivity index (χ0) is 30.0. The van der Waals surface area contributed by atoms with Crippen LogP contribution >= 0.6 is 0 Å². The summed E-state index contributed by atoms with van der Waals surface area (Å²) in [5.74, 6) is -1.33. The van der Waals surface area contributed by atoms with Crippen LogP contribution in [-0.2, 0) is 16.0 Å². The highest BCUT2D eigenvalue weighted by atomic mass is 19.1. The molecule has 1 saturated heterocycles. The minimum absolute atomic E-state index is 0.0171. The van der Waals surface area contributed by atoms with Gasteiger partial charge in [0.1, 0.15) is 17.3 Å². The maximum atomic E-state index is 15.3. The van der Waals surface area contributed by atoms with Crippen LogP contribution < -0.4 is 14.4 Å². The van der Waals surface area contributed by atoms with Crippen molar-refractivity contribution in [2.24, 2.45) is 0 Å². The van der Waals surface area contributed by atoms with Crippen LogP contribution in [0.1, 0.15) is 56.0 Å². The van der Waals surface area contributed by atoms with Gasteiger partial charge in [0.25, 0.3) is 11.8 Å². The first kappa shape index (κ1) is 29.0. The molecule has 0 unspecified atom stereocenters. The molecule has 9 nitrogen and oxygen atoms in total. The Bertz CT molecular complexity index is 1520. The van der Waals surface area contributed by atoms with E-state index in [0.29, 0.717) is 54.4 Å². The summed E-state index contributed by atoms with van der Waals surface area (Å²) in [6.45, 7) is 6.20. The van der Waals surface area contributed by atoms with Crippen molar-refractivity contribution in [1.82, 2.24) is 9.88 Å². The Labute approximate surface area is 243 Å². The number of likely N-dealkylation sites (tertiary alicyclic amines) is 1. The van der Waals surface area contributed by atoms with Crippen LogP contribution in [0, 0.1) is 5.82 Å². The van der Waals surface area contributed by atoms with Crippen molar-refractivity contribution >= 4 is 23.5 Å². The molecular formula is C32H34FN3O6. The van der Waals surface area contributed by atoms with E-state index >= 15 is 4.39 Å². The number of rotatable bonds is 8. The Morgan fingerprint density at radius 1 is 1.14 bits per heavy atom. The third kappa shape index (κ3) is 5.79. The monoisotopic (exact) mass is 575 g/mol. The molecular weight excluding hydrogens is 541 g/mol. The standard InChI is InChI=1S/C32H34FN3O6/c1-4-20-17-26-29(34-19-20)42-32(2,3)31(40)36(26)22-11-14-35(15-12-22)30(39)24-10-9-21(18-25(24)33)23-7-5-6-8-27(23)41-16-13-28(37)38/h5-10,17-19,22H,4,11-16H2,1-3H3,(H,37,38). The number of carbonyl (C=O) groups is 3. The second kappa shape index (κ2) is 11.8. The van der Waals surface area contributed by atoms with Crippen molar-refractivity contribution < 1.29 is 33.4 Å². The van der Waals surface area contributed by atoms with E-state index < -0.39 is 23.3 Å². The minimum Gasteiger partial charge on any atom is -0.492 e. The van der Waals surface area contributed by atoms with Crippen molar-refractivity contribution in [3.05, 3.63) is 71.7 Å². The van der Waals surface area contributed by atoms with E-state index in [2.05, 4.69) is 4.98 Å². The summed E-state index contributed by atoms with van der Waals surface area (Å²) >= 11 is 0. The molecule has 2 amide bonds. The van der Waals surface area contributed by atoms with E-state index in [1.165, 1.54) is 12.1 Å². The molecule has 2 aliphatic rings. The predicted octanol–water partition coefficient (Wildman–Crippen LogP) is 5.11. The van der Waals surface area contributed by atoms with Crippen molar-refractivity contribution in [2.45, 2.75) is 58.1 Å². The minimum atomic E-state index is -1.06. The number of piperidine rings is 1. The number of carboxylic acid groups (broad SMARTS) is 1. The van der Waals surface area contributed by atoms with Crippen LogP contribution in [0.5, 0.6) is 11.6 Å². The average Bonchev–Trinajstić information content (AvgIpc) is 2.97. The lowest BCUT2D eigenvalue weighted by Crippen LogP contribution is -2.58. The highest BCUT2D eigenvalue weighted by molar-refractivity contribution is 6.02. The number of pyridine rings is 1. The molecule has 0 aliphatic carbocycles. The maximum Gasteiger partial charge on any atom is 0.306 e. The number of nitrogens with zero attached hydrogens (tertiary/aromatic N) is 3. The highest BCUT2D eigenvalue weighted by Crippen LogP contribution is 2.40. The number of hydrogen-bond donors (Lipinski definition) is 1. The van der Waals surface area contributed by atoms with Crippen LogP contribution in [0.3, 0.4) is 0 Å². The average molecular weight is 576 g/mol. The fraction of sp³-hybridized carbons (Fsp3) is 0.375. The Balaban J connectivity index is 1.30. The number of halogens is 1. The molecule has 0 bridgehead atoms. The normalized spacial score (nSPS) is 16.5. The zero-order valence-electron chi connectivity index (χ0n) is 23.9. The number of benzene rings is 2. The summed E-state index contributed by atoms with van der Waals surface area (Å²) in [6.07, 6.45) is 3.43. The summed E-state index contributed by atoms with van der Waals surface area (Å²) in [5.41, 5.74) is 1.66. The maximum absolute atomic E-state index is 15.3. The first-order chi connectivity index (χ1) is 20.1. The summed E-state index contributed by atoms with van der Waals surface area (Å²) in [5, 5.41) is 8.89. The Hall–Kier alpha value is -4.47. The van der Waals surface area contributed by atoms with E-state index in [1.54, 1.807) is 60.2 Å². The molecule has 1 N–H and O–H groups in total. The summed E-state index contributed by atoms with van der Waals surface area (Å²) in [4.78, 5) is 45.5. The number of carboxylic acids is 1. The highest BCUT2D eigenvalue weighted by Gasteiger charge is 2.45. The van der Waals surface area contributed by atoms with Gasteiger partial charge < -0.3 is 24.4 Å². The lowest BCUT2D eigenvalue weighted by Gasteiger charge is -2.44. The number of hydrogen-bond acceptors (Lipinski definition) is 6. The molecule has 10 heteroatoms. The van der Waals surface area contributed by atoms with Gasteiger partial charge in [-0.15, -0.1) is 0 Å². The van der Waals surface area contributed by atoms with Gasteiger partial charge >= 0.3 is 5.97 Å². The molecule has 0 spiro atoms. The van der Waals surface area contributed by atoms with E-state index in [1.807, 2.05) is 13.0 Å². The van der Waals surface area contributed by atoms with Gasteiger partial charge in [-0.2, -0.15) is 0 Å². The van der Waals surface area contributed by atoms with Gasteiger partial charge in [0, 0.05) is 30.9 Å². The van der Waals surface area contributed by atoms with Gasteiger partial charge in [-0.25, -0.2) is 9.37 Å². The second-order valence-electron chi connectivity index (χ2n) is 11.0. The van der Waals surface area contributed by atoms with Crippen molar-refractivity contribution in [3.63, 3.8) is 0 Å². The SMILES string of the molecule is CCc1cnc2c(c1)N(C1CCN(C(=O)c3ccc(-c4ccccc4OCCC(=O)O)cc3F)CC1)C(=O)C(C)(C)O2. The number of aromatic nitrogens is 1. The topological polar surface area (TPSA) is 109 Å². The number of aliphatic carboxylic acids is 1. The molecule has 42 heavy (non-hydrogen) atoms. The van der Waals surface area contributed by atoms with Crippen molar-refractivity contribution in [2.75, 3.05) is 24.6 Å². The van der Waals surface area contributed by atoms with E-state index in [0.717, 1.165) is 12.0 Å². The number of amides is 2. The van der Waals surface area contributed by atoms with Gasteiger partial charge in [0.2, 0.25) is 5.88 Å². The Kier molecular flexibility index (Phi) is 8.15. The number of anilines is 1. The van der Waals surface area contributed by atoms with E-state index in [9.17, 15) is 14.4 Å².